The van der Waals surface area contributed by atoms with Gasteiger partial charge in [0.2, 0.25) is 11.8 Å². The quantitative estimate of drug-likeness (QED) is 0.156. The van der Waals surface area contributed by atoms with Crippen molar-refractivity contribution < 1.29 is 18.0 Å². The Morgan fingerprint density at radius 2 is 1.47 bits per heavy atom. The van der Waals surface area contributed by atoms with Crippen LogP contribution in [0.4, 0.5) is 5.69 Å². The predicted octanol–water partition coefficient (Wildman–Crippen LogP) is 7.36. The maximum absolute atomic E-state index is 14.5. The zero-order valence-corrected chi connectivity index (χ0v) is 28.8. The Kier molecular flexibility index (Phi) is 12.1. The minimum absolute atomic E-state index is 0.0134. The predicted molar refractivity (Wildman–Crippen MR) is 184 cm³/mol. The van der Waals surface area contributed by atoms with Gasteiger partial charge in [0.15, 0.2) is 0 Å². The summed E-state index contributed by atoms with van der Waals surface area (Å²) in [7, 11) is -4.29. The van der Waals surface area contributed by atoms with Crippen LogP contribution >= 0.6 is 39.1 Å². The van der Waals surface area contributed by atoms with Gasteiger partial charge in [0.05, 0.1) is 20.6 Å². The molecule has 45 heavy (non-hydrogen) atoms. The van der Waals surface area contributed by atoms with E-state index in [1.807, 2.05) is 68.4 Å². The van der Waals surface area contributed by atoms with E-state index in [4.69, 9.17) is 23.2 Å². The average molecular weight is 732 g/mol. The lowest BCUT2D eigenvalue weighted by atomic mass is 10.0. The van der Waals surface area contributed by atoms with Crippen LogP contribution in [0.15, 0.2) is 112 Å². The van der Waals surface area contributed by atoms with E-state index in [9.17, 15) is 18.0 Å². The molecule has 0 unspecified atom stereocenters. The van der Waals surface area contributed by atoms with Crippen LogP contribution in [-0.4, -0.2) is 44.3 Å². The summed E-state index contributed by atoms with van der Waals surface area (Å²) < 4.78 is 30.0. The lowest BCUT2D eigenvalue weighted by Gasteiger charge is -2.34. The number of amides is 2. The van der Waals surface area contributed by atoms with E-state index in [0.29, 0.717) is 6.54 Å². The first-order valence-electron chi connectivity index (χ1n) is 14.3. The Morgan fingerprint density at radius 1 is 0.844 bits per heavy atom. The van der Waals surface area contributed by atoms with Gasteiger partial charge in [0.1, 0.15) is 12.6 Å². The van der Waals surface area contributed by atoms with Crippen molar-refractivity contribution >= 4 is 66.7 Å². The Labute approximate surface area is 283 Å². The van der Waals surface area contributed by atoms with E-state index in [0.717, 1.165) is 19.9 Å². The Bertz CT molecular complexity index is 1720. The molecule has 1 N–H and O–H groups in total. The summed E-state index contributed by atoms with van der Waals surface area (Å²) in [4.78, 5) is 29.8. The summed E-state index contributed by atoms with van der Waals surface area (Å²) in [6, 6.07) is 28.3. The highest BCUT2D eigenvalue weighted by Crippen LogP contribution is 2.35. The van der Waals surface area contributed by atoms with Gasteiger partial charge >= 0.3 is 0 Å². The molecule has 0 aliphatic carbocycles. The molecule has 4 aromatic rings. The van der Waals surface area contributed by atoms with Crippen LogP contribution in [-0.2, 0) is 32.6 Å². The molecule has 0 fully saturated rings. The van der Waals surface area contributed by atoms with Crippen molar-refractivity contribution in [1.82, 2.24) is 10.2 Å². The van der Waals surface area contributed by atoms with Crippen LogP contribution in [0.5, 0.6) is 0 Å². The van der Waals surface area contributed by atoms with Crippen molar-refractivity contribution in [3.05, 3.63) is 129 Å². The molecule has 7 nitrogen and oxygen atoms in total. The van der Waals surface area contributed by atoms with Gasteiger partial charge in [0.25, 0.3) is 10.0 Å². The number of nitrogens with zero attached hydrogens (tertiary/aromatic N) is 2. The van der Waals surface area contributed by atoms with Gasteiger partial charge in [-0.1, -0.05) is 120 Å². The van der Waals surface area contributed by atoms with E-state index in [1.165, 1.54) is 29.2 Å². The molecule has 11 heteroatoms. The van der Waals surface area contributed by atoms with Gasteiger partial charge in [-0.15, -0.1) is 0 Å². The lowest BCUT2D eigenvalue weighted by molar-refractivity contribution is -0.140. The third-order valence-electron chi connectivity index (χ3n) is 7.01. The number of rotatable bonds is 13. The fourth-order valence-electron chi connectivity index (χ4n) is 4.73. The van der Waals surface area contributed by atoms with E-state index >= 15 is 0 Å². The molecular formula is C34H34BrCl2N3O4S. The number of benzene rings is 4. The fraction of sp³-hybridized carbons (Fsp3) is 0.235. The van der Waals surface area contributed by atoms with Crippen molar-refractivity contribution in [2.24, 2.45) is 5.92 Å². The maximum Gasteiger partial charge on any atom is 0.264 e. The van der Waals surface area contributed by atoms with Crippen molar-refractivity contribution in [3.63, 3.8) is 0 Å². The third-order valence-corrected chi connectivity index (χ3v) is 10.1. The van der Waals surface area contributed by atoms with Crippen molar-refractivity contribution in [2.75, 3.05) is 17.4 Å². The smallest absolute Gasteiger partial charge is 0.264 e. The molecule has 0 radical (unpaired) electrons. The number of carbonyl (C=O) groups is 2. The molecule has 4 aromatic carbocycles. The first-order chi connectivity index (χ1) is 21.5. The number of halogens is 3. The summed E-state index contributed by atoms with van der Waals surface area (Å²) in [5, 5.41) is 3.10. The Balaban J connectivity index is 1.82. The molecule has 0 saturated carbocycles. The average Bonchev–Trinajstić information content (AvgIpc) is 3.02. The topological polar surface area (TPSA) is 86.8 Å². The maximum atomic E-state index is 14.5. The third kappa shape index (κ3) is 9.10. The second-order valence-electron chi connectivity index (χ2n) is 10.9. The number of nitrogens with one attached hydrogen (secondary N) is 1. The number of carbonyl (C=O) groups excluding carboxylic acids is 2. The van der Waals surface area contributed by atoms with E-state index in [1.54, 1.807) is 24.3 Å². The molecule has 4 rings (SSSR count). The van der Waals surface area contributed by atoms with Crippen LogP contribution in [0, 0.1) is 5.92 Å². The Morgan fingerprint density at radius 3 is 2.11 bits per heavy atom. The molecule has 0 heterocycles. The second-order valence-corrected chi connectivity index (χ2v) is 14.5. The summed E-state index contributed by atoms with van der Waals surface area (Å²) in [5.41, 5.74) is 1.65. The summed E-state index contributed by atoms with van der Waals surface area (Å²) in [5.74, 6) is -0.752. The summed E-state index contributed by atoms with van der Waals surface area (Å²) in [6.45, 7) is 3.80. The molecule has 236 valence electrons. The minimum Gasteiger partial charge on any atom is -0.354 e. The molecule has 0 saturated heterocycles. The number of sulfonamides is 1. The van der Waals surface area contributed by atoms with Crippen LogP contribution in [0.1, 0.15) is 25.0 Å². The van der Waals surface area contributed by atoms with Gasteiger partial charge in [-0.25, -0.2) is 8.42 Å². The number of anilines is 1. The highest BCUT2D eigenvalue weighted by Gasteiger charge is 2.35. The fourth-order valence-corrected chi connectivity index (χ4v) is 7.07. The lowest BCUT2D eigenvalue weighted by Crippen LogP contribution is -2.53. The minimum atomic E-state index is -4.29. The molecule has 0 aliphatic rings. The van der Waals surface area contributed by atoms with Gasteiger partial charge < -0.3 is 10.2 Å². The normalized spacial score (nSPS) is 12.0. The summed E-state index contributed by atoms with van der Waals surface area (Å²) >= 11 is 16.4. The van der Waals surface area contributed by atoms with E-state index in [-0.39, 0.29) is 45.4 Å². The zero-order chi connectivity index (χ0) is 32.6. The van der Waals surface area contributed by atoms with Crippen LogP contribution < -0.4 is 9.62 Å². The zero-order valence-electron chi connectivity index (χ0n) is 24.9. The highest BCUT2D eigenvalue weighted by atomic mass is 79.9. The van der Waals surface area contributed by atoms with Gasteiger partial charge in [-0.2, -0.15) is 0 Å². The SMILES string of the molecule is CC(C)CNC(=O)[C@@H](Cc1ccccc1)N(Cc1cccc(Br)c1)C(=O)CN(c1cccc(Cl)c1Cl)S(=O)(=O)c1ccccc1. The van der Waals surface area contributed by atoms with E-state index in [2.05, 4.69) is 21.2 Å². The molecule has 1 atom stereocenters. The molecular weight excluding hydrogens is 697 g/mol. The largest absolute Gasteiger partial charge is 0.354 e. The van der Waals surface area contributed by atoms with Gasteiger partial charge in [-0.3, -0.25) is 13.9 Å². The molecule has 2 amide bonds. The van der Waals surface area contributed by atoms with E-state index < -0.39 is 28.5 Å². The molecule has 0 bridgehead atoms. The van der Waals surface area contributed by atoms with Crippen molar-refractivity contribution in [1.29, 1.82) is 0 Å². The monoisotopic (exact) mass is 729 g/mol. The second kappa shape index (κ2) is 15.8. The van der Waals surface area contributed by atoms with Crippen LogP contribution in [0.2, 0.25) is 10.0 Å². The standard InChI is InChI=1S/C34H34BrCl2N3O4S/c1-24(2)21-38-34(42)31(20-25-11-5-3-6-12-25)39(22-26-13-9-14-27(35)19-26)32(41)23-40(30-18-10-17-29(36)33(30)37)45(43,44)28-15-7-4-8-16-28/h3-19,24,31H,20-23H2,1-2H3,(H,38,42)/t31-/m1/s1. The van der Waals surface area contributed by atoms with Gasteiger partial charge in [0, 0.05) is 24.0 Å². The number of hydrogen-bond donors (Lipinski definition) is 1. The first kappa shape index (κ1) is 34.5. The molecule has 0 aromatic heterocycles. The molecule has 0 aliphatic heterocycles. The van der Waals surface area contributed by atoms with Crippen LogP contribution in [0.3, 0.4) is 0 Å². The van der Waals surface area contributed by atoms with Gasteiger partial charge in [-0.05, 0) is 53.4 Å². The van der Waals surface area contributed by atoms with Crippen molar-refractivity contribution in [2.45, 2.75) is 37.8 Å². The van der Waals surface area contributed by atoms with Crippen LogP contribution in [0.25, 0.3) is 0 Å². The Hall–Kier alpha value is -3.37. The number of hydrogen-bond acceptors (Lipinski definition) is 4. The summed E-state index contributed by atoms with van der Waals surface area (Å²) in [6.07, 6.45) is 0.216. The first-order valence-corrected chi connectivity index (χ1v) is 17.3. The highest BCUT2D eigenvalue weighted by molar-refractivity contribution is 9.10. The molecule has 0 spiro atoms. The van der Waals surface area contributed by atoms with Crippen molar-refractivity contribution in [3.8, 4) is 0 Å².